The van der Waals surface area contributed by atoms with E-state index in [4.69, 9.17) is 5.11 Å². The molecule has 1 unspecified atom stereocenters. The maximum atomic E-state index is 11.5. The van der Waals surface area contributed by atoms with E-state index in [9.17, 15) is 9.59 Å². The Balaban J connectivity index is 3.98. The lowest BCUT2D eigenvalue weighted by atomic mass is 10.2. The molecule has 0 heterocycles. The molecule has 3 N–H and O–H groups in total. The van der Waals surface area contributed by atoms with Gasteiger partial charge in [-0.1, -0.05) is 6.08 Å². The monoisotopic (exact) mass is 228 g/mol. The zero-order chi connectivity index (χ0) is 12.7. The second-order valence-corrected chi connectivity index (χ2v) is 3.99. The van der Waals surface area contributed by atoms with Crippen LogP contribution in [0, 0.1) is 0 Å². The van der Waals surface area contributed by atoms with Crippen molar-refractivity contribution in [3.8, 4) is 0 Å². The molecule has 0 bridgehead atoms. The number of carboxylic acids is 1. The molecule has 0 aliphatic heterocycles. The van der Waals surface area contributed by atoms with Crippen LogP contribution in [0.4, 0.5) is 0 Å². The zero-order valence-electron chi connectivity index (χ0n) is 10.2. The van der Waals surface area contributed by atoms with E-state index in [0.717, 1.165) is 0 Å². The van der Waals surface area contributed by atoms with Gasteiger partial charge in [0.2, 0.25) is 5.91 Å². The van der Waals surface area contributed by atoms with Crippen molar-refractivity contribution in [2.24, 2.45) is 0 Å². The minimum absolute atomic E-state index is 0.0867. The summed E-state index contributed by atoms with van der Waals surface area (Å²) in [6, 6.07) is -0.228. The molecule has 0 aromatic carbocycles. The minimum Gasteiger partial charge on any atom is -0.478 e. The highest BCUT2D eigenvalue weighted by atomic mass is 16.4. The highest BCUT2D eigenvalue weighted by Crippen LogP contribution is 1.91. The van der Waals surface area contributed by atoms with Crippen LogP contribution in [-0.2, 0) is 9.59 Å². The smallest absolute Gasteiger partial charge is 0.330 e. The molecule has 0 aliphatic rings. The maximum absolute atomic E-state index is 11.5. The number of carbonyl (C=O) groups is 2. The molecular weight excluding hydrogens is 208 g/mol. The van der Waals surface area contributed by atoms with Gasteiger partial charge in [-0.05, 0) is 27.7 Å². The molecule has 0 aromatic rings. The Morgan fingerprint density at radius 1 is 1.31 bits per heavy atom. The summed E-state index contributed by atoms with van der Waals surface area (Å²) >= 11 is 0. The van der Waals surface area contributed by atoms with Crippen LogP contribution < -0.4 is 10.6 Å². The van der Waals surface area contributed by atoms with E-state index in [1.807, 2.05) is 13.8 Å². The Morgan fingerprint density at radius 3 is 2.31 bits per heavy atom. The van der Waals surface area contributed by atoms with E-state index < -0.39 is 5.97 Å². The van der Waals surface area contributed by atoms with Gasteiger partial charge in [0.05, 0.1) is 6.04 Å². The first-order valence-corrected chi connectivity index (χ1v) is 5.28. The number of carbonyl (C=O) groups excluding carboxylic acids is 1. The summed E-state index contributed by atoms with van der Waals surface area (Å²) in [5.74, 6) is -1.03. The third kappa shape index (κ3) is 6.19. The first kappa shape index (κ1) is 14.6. The van der Waals surface area contributed by atoms with Crippen LogP contribution in [0.2, 0.25) is 0 Å². The van der Waals surface area contributed by atoms with Crippen molar-refractivity contribution in [3.05, 3.63) is 11.6 Å². The summed E-state index contributed by atoms with van der Waals surface area (Å²) < 4.78 is 0. The Hall–Kier alpha value is -1.36. The summed E-state index contributed by atoms with van der Waals surface area (Å²) in [7, 11) is 0. The number of nitrogens with one attached hydrogen (secondary N) is 2. The van der Waals surface area contributed by atoms with Crippen molar-refractivity contribution in [2.75, 3.05) is 6.54 Å². The van der Waals surface area contributed by atoms with Gasteiger partial charge in [-0.2, -0.15) is 0 Å². The second-order valence-electron chi connectivity index (χ2n) is 3.99. The summed E-state index contributed by atoms with van der Waals surface area (Å²) in [4.78, 5) is 21.9. The lowest BCUT2D eigenvalue weighted by Crippen LogP contribution is -2.44. The number of carboxylic acid groups (broad SMARTS) is 1. The van der Waals surface area contributed by atoms with Crippen molar-refractivity contribution in [1.82, 2.24) is 10.6 Å². The molecule has 0 radical (unpaired) electrons. The van der Waals surface area contributed by atoms with Crippen molar-refractivity contribution >= 4 is 11.9 Å². The van der Waals surface area contributed by atoms with E-state index in [0.29, 0.717) is 6.54 Å². The van der Waals surface area contributed by atoms with Crippen LogP contribution in [0.15, 0.2) is 11.6 Å². The fourth-order valence-corrected chi connectivity index (χ4v) is 0.978. The van der Waals surface area contributed by atoms with Gasteiger partial charge in [0, 0.05) is 18.2 Å². The molecule has 0 saturated heterocycles. The summed E-state index contributed by atoms with van der Waals surface area (Å²) in [6.45, 7) is 7.40. The normalized spacial score (nSPS) is 13.7. The van der Waals surface area contributed by atoms with Gasteiger partial charge in [0.1, 0.15) is 0 Å². The molecule has 0 rings (SSSR count). The molecular formula is C11H20N2O3. The van der Waals surface area contributed by atoms with E-state index in [2.05, 4.69) is 10.6 Å². The third-order valence-electron chi connectivity index (χ3n) is 1.99. The van der Waals surface area contributed by atoms with Crippen LogP contribution in [-0.4, -0.2) is 35.6 Å². The SMILES string of the molecule is C/C(=C/CNC(C)C(=O)NC(C)C)C(=O)O. The molecule has 0 aliphatic carbocycles. The number of hydrogen-bond donors (Lipinski definition) is 3. The first-order chi connectivity index (χ1) is 7.34. The van der Waals surface area contributed by atoms with Gasteiger partial charge in [0.25, 0.3) is 0 Å². The molecule has 1 atom stereocenters. The first-order valence-electron chi connectivity index (χ1n) is 5.28. The standard InChI is InChI=1S/C11H20N2O3/c1-7(2)13-10(14)9(4)12-6-5-8(3)11(15)16/h5,7,9,12H,6H2,1-4H3,(H,13,14)(H,15,16)/b8-5-. The average molecular weight is 228 g/mol. The summed E-state index contributed by atoms with van der Waals surface area (Å²) in [6.07, 6.45) is 1.54. The number of amides is 1. The minimum atomic E-state index is -0.943. The van der Waals surface area contributed by atoms with Gasteiger partial charge in [-0.3, -0.25) is 4.79 Å². The average Bonchev–Trinajstić information content (AvgIpc) is 2.15. The van der Waals surface area contributed by atoms with Crippen molar-refractivity contribution < 1.29 is 14.7 Å². The molecule has 5 heteroatoms. The van der Waals surface area contributed by atoms with Crippen LogP contribution in [0.25, 0.3) is 0 Å². The number of aliphatic carboxylic acids is 1. The highest BCUT2D eigenvalue weighted by molar-refractivity contribution is 5.85. The van der Waals surface area contributed by atoms with E-state index in [-0.39, 0.29) is 23.6 Å². The lowest BCUT2D eigenvalue weighted by Gasteiger charge is -2.15. The van der Waals surface area contributed by atoms with Crippen molar-refractivity contribution in [1.29, 1.82) is 0 Å². The topological polar surface area (TPSA) is 78.4 Å². The van der Waals surface area contributed by atoms with Gasteiger partial charge in [-0.25, -0.2) is 4.79 Å². The number of rotatable bonds is 6. The summed E-state index contributed by atoms with van der Waals surface area (Å²) in [5, 5.41) is 14.3. The fourth-order valence-electron chi connectivity index (χ4n) is 0.978. The predicted octanol–water partition coefficient (Wildman–Crippen LogP) is 0.520. The zero-order valence-corrected chi connectivity index (χ0v) is 10.2. The molecule has 5 nitrogen and oxygen atoms in total. The quantitative estimate of drug-likeness (QED) is 0.579. The molecule has 16 heavy (non-hydrogen) atoms. The van der Waals surface area contributed by atoms with Crippen molar-refractivity contribution in [3.63, 3.8) is 0 Å². The van der Waals surface area contributed by atoms with Crippen LogP contribution in [0.3, 0.4) is 0 Å². The van der Waals surface area contributed by atoms with E-state index in [1.165, 1.54) is 6.92 Å². The fraction of sp³-hybridized carbons (Fsp3) is 0.636. The summed E-state index contributed by atoms with van der Waals surface area (Å²) in [5.41, 5.74) is 0.268. The molecule has 0 spiro atoms. The predicted molar refractivity (Wildman–Crippen MR) is 62.1 cm³/mol. The Kier molecular flexibility index (Phi) is 6.41. The van der Waals surface area contributed by atoms with E-state index >= 15 is 0 Å². The molecule has 92 valence electrons. The van der Waals surface area contributed by atoms with Crippen LogP contribution >= 0.6 is 0 Å². The Labute approximate surface area is 95.9 Å². The van der Waals surface area contributed by atoms with Gasteiger partial charge in [-0.15, -0.1) is 0 Å². The van der Waals surface area contributed by atoms with Crippen LogP contribution in [0.5, 0.6) is 0 Å². The Morgan fingerprint density at radius 2 is 1.88 bits per heavy atom. The highest BCUT2D eigenvalue weighted by Gasteiger charge is 2.11. The van der Waals surface area contributed by atoms with Crippen molar-refractivity contribution in [2.45, 2.75) is 39.8 Å². The molecule has 0 saturated carbocycles. The van der Waals surface area contributed by atoms with Gasteiger partial charge >= 0.3 is 5.97 Å². The molecule has 0 aromatic heterocycles. The Bertz CT molecular complexity index is 285. The largest absolute Gasteiger partial charge is 0.478 e. The van der Waals surface area contributed by atoms with Gasteiger partial charge in [0.15, 0.2) is 0 Å². The molecule has 0 fully saturated rings. The van der Waals surface area contributed by atoms with E-state index in [1.54, 1.807) is 13.0 Å². The van der Waals surface area contributed by atoms with Gasteiger partial charge < -0.3 is 15.7 Å². The second kappa shape index (κ2) is 7.00. The van der Waals surface area contributed by atoms with Crippen LogP contribution in [0.1, 0.15) is 27.7 Å². The maximum Gasteiger partial charge on any atom is 0.330 e. The number of hydrogen-bond acceptors (Lipinski definition) is 3. The lowest BCUT2D eigenvalue weighted by molar-refractivity contribution is -0.132. The molecule has 1 amide bonds. The third-order valence-corrected chi connectivity index (χ3v) is 1.99.